The smallest absolute Gasteiger partial charge is 0.279 e. The molecule has 2 unspecified atom stereocenters. The van der Waals surface area contributed by atoms with Crippen molar-refractivity contribution < 1.29 is 17.5 Å². The van der Waals surface area contributed by atoms with Crippen LogP contribution < -0.4 is 9.62 Å². The average molecular weight is 547 g/mol. The van der Waals surface area contributed by atoms with E-state index in [9.17, 15) is 12.8 Å². The van der Waals surface area contributed by atoms with E-state index in [1.165, 1.54) is 6.07 Å². The first kappa shape index (κ1) is 27.4. The van der Waals surface area contributed by atoms with Crippen molar-refractivity contribution in [1.82, 2.24) is 24.1 Å². The van der Waals surface area contributed by atoms with Gasteiger partial charge in [0, 0.05) is 57.4 Å². The molecule has 3 aliphatic rings. The summed E-state index contributed by atoms with van der Waals surface area (Å²) < 4.78 is 51.2. The zero-order valence-electron chi connectivity index (χ0n) is 22.1. The number of nitrogens with zero attached hydrogens (tertiary/aromatic N) is 5. The second-order valence-electron chi connectivity index (χ2n) is 10.9. The molecule has 1 aliphatic carbocycles. The maximum absolute atomic E-state index is 13.7. The average Bonchev–Trinajstić information content (AvgIpc) is 2.93. The van der Waals surface area contributed by atoms with Gasteiger partial charge in [0.05, 0.1) is 12.7 Å². The highest BCUT2D eigenvalue weighted by Crippen LogP contribution is 2.35. The molecule has 2 aliphatic heterocycles. The second kappa shape index (κ2) is 12.3. The maximum Gasteiger partial charge on any atom is 0.279 e. The Morgan fingerprint density at radius 1 is 1.03 bits per heavy atom. The number of anilines is 1. The summed E-state index contributed by atoms with van der Waals surface area (Å²) in [5, 5.41) is 8.29. The van der Waals surface area contributed by atoms with E-state index < -0.39 is 10.2 Å². The number of aromatic nitrogens is 2. The zero-order chi connectivity index (χ0) is 26.5. The van der Waals surface area contributed by atoms with Gasteiger partial charge in [0.25, 0.3) is 10.2 Å². The standard InChI is InChI=1S/C27H39FN6O3S/c1-32-14-16-34(17-15-32)38(35,36)31-26-11-13-33(27-6-3-12-29-30-27)19-23(26)20-37-25-9-7-21(8-10-25)22-4-2-5-24(28)18-22/h2-6,12,18,21,23,25-26,31H,7-11,13-17,19-20H2,1H3/t21-,23?,25+,26?. The Labute approximate surface area is 225 Å². The largest absolute Gasteiger partial charge is 0.378 e. The number of rotatable bonds is 8. The summed E-state index contributed by atoms with van der Waals surface area (Å²) in [5.74, 6) is 0.953. The van der Waals surface area contributed by atoms with Gasteiger partial charge >= 0.3 is 0 Å². The normalized spacial score (nSPS) is 27.9. The number of ether oxygens (including phenoxy) is 1. The van der Waals surface area contributed by atoms with E-state index in [-0.39, 0.29) is 23.9 Å². The molecule has 1 saturated carbocycles. The number of piperidine rings is 1. The lowest BCUT2D eigenvalue weighted by molar-refractivity contribution is -0.00229. The van der Waals surface area contributed by atoms with Crippen LogP contribution in [-0.2, 0) is 14.9 Å². The van der Waals surface area contributed by atoms with Gasteiger partial charge in [0.1, 0.15) is 5.82 Å². The van der Waals surface area contributed by atoms with Crippen LogP contribution in [0.5, 0.6) is 0 Å². The van der Waals surface area contributed by atoms with Gasteiger partial charge in [-0.05, 0) is 74.9 Å². The minimum atomic E-state index is -3.58. The van der Waals surface area contributed by atoms with Gasteiger partial charge in [0.2, 0.25) is 0 Å². The van der Waals surface area contributed by atoms with Gasteiger partial charge in [-0.2, -0.15) is 22.5 Å². The van der Waals surface area contributed by atoms with Crippen LogP contribution in [0.2, 0.25) is 0 Å². The van der Waals surface area contributed by atoms with Crippen LogP contribution in [0.15, 0.2) is 42.6 Å². The van der Waals surface area contributed by atoms with Crippen LogP contribution in [0.4, 0.5) is 10.2 Å². The fourth-order valence-electron chi connectivity index (χ4n) is 5.90. The van der Waals surface area contributed by atoms with Crippen LogP contribution in [0.25, 0.3) is 0 Å². The molecule has 2 saturated heterocycles. The van der Waals surface area contributed by atoms with Crippen molar-refractivity contribution >= 4 is 16.0 Å². The number of likely N-dealkylation sites (N-methyl/N-ethyl adjacent to an activating group) is 1. The summed E-state index contributed by atoms with van der Waals surface area (Å²) in [6, 6.07) is 10.5. The highest BCUT2D eigenvalue weighted by atomic mass is 32.2. The number of hydrogen-bond acceptors (Lipinski definition) is 7. The Morgan fingerprint density at radius 2 is 1.82 bits per heavy atom. The van der Waals surface area contributed by atoms with E-state index in [4.69, 9.17) is 4.74 Å². The number of hydrogen-bond donors (Lipinski definition) is 1. The molecule has 3 fully saturated rings. The first-order chi connectivity index (χ1) is 18.4. The first-order valence-corrected chi connectivity index (χ1v) is 15.2. The monoisotopic (exact) mass is 546 g/mol. The Bertz CT molecular complexity index is 1140. The van der Waals surface area contributed by atoms with Crippen molar-refractivity contribution in [3.63, 3.8) is 0 Å². The zero-order valence-corrected chi connectivity index (χ0v) is 22.9. The van der Waals surface area contributed by atoms with Crippen LogP contribution in [0.3, 0.4) is 0 Å². The molecule has 11 heteroatoms. The lowest BCUT2D eigenvalue weighted by Crippen LogP contribution is -2.57. The highest BCUT2D eigenvalue weighted by Gasteiger charge is 2.36. The number of halogens is 1. The lowest BCUT2D eigenvalue weighted by atomic mass is 9.82. The molecule has 2 aromatic rings. The van der Waals surface area contributed by atoms with Gasteiger partial charge < -0.3 is 14.5 Å². The van der Waals surface area contributed by atoms with Gasteiger partial charge in [0.15, 0.2) is 5.82 Å². The molecule has 1 aromatic heterocycles. The topological polar surface area (TPSA) is 90.9 Å². The van der Waals surface area contributed by atoms with Crippen LogP contribution in [0.1, 0.15) is 43.6 Å². The molecule has 5 rings (SSSR count). The van der Waals surface area contributed by atoms with Crippen molar-refractivity contribution in [3.8, 4) is 0 Å². The van der Waals surface area contributed by atoms with Gasteiger partial charge in [-0.25, -0.2) is 4.39 Å². The van der Waals surface area contributed by atoms with Gasteiger partial charge in [-0.15, -0.1) is 5.10 Å². The first-order valence-electron chi connectivity index (χ1n) is 13.7. The molecule has 38 heavy (non-hydrogen) atoms. The number of benzene rings is 1. The van der Waals surface area contributed by atoms with E-state index >= 15 is 0 Å². The Hall–Kier alpha value is -2.18. The summed E-state index contributed by atoms with van der Waals surface area (Å²) in [7, 11) is -1.57. The molecular formula is C27H39FN6O3S. The molecule has 1 N–H and O–H groups in total. The van der Waals surface area contributed by atoms with Gasteiger partial charge in [-0.1, -0.05) is 12.1 Å². The van der Waals surface area contributed by atoms with Crippen molar-refractivity contribution in [3.05, 3.63) is 54.0 Å². The van der Waals surface area contributed by atoms with Crippen LogP contribution in [0, 0.1) is 11.7 Å². The summed E-state index contributed by atoms with van der Waals surface area (Å²) >= 11 is 0. The molecule has 3 heterocycles. The molecule has 0 amide bonds. The summed E-state index contributed by atoms with van der Waals surface area (Å²) in [4.78, 5) is 4.31. The predicted molar refractivity (Wildman–Crippen MR) is 145 cm³/mol. The van der Waals surface area contributed by atoms with E-state index in [0.29, 0.717) is 45.1 Å². The fraction of sp³-hybridized carbons (Fsp3) is 0.630. The molecule has 9 nitrogen and oxygen atoms in total. The number of piperazine rings is 1. The summed E-state index contributed by atoms with van der Waals surface area (Å²) in [6.07, 6.45) is 6.21. The summed E-state index contributed by atoms with van der Waals surface area (Å²) in [5.41, 5.74) is 1.06. The van der Waals surface area contributed by atoms with Crippen molar-refractivity contribution in [2.24, 2.45) is 5.92 Å². The predicted octanol–water partition coefficient (Wildman–Crippen LogP) is 2.64. The fourth-order valence-corrected chi connectivity index (χ4v) is 7.39. The van der Waals surface area contributed by atoms with Crippen molar-refractivity contribution in [1.29, 1.82) is 0 Å². The third-order valence-corrected chi connectivity index (χ3v) is 9.90. The SMILES string of the molecule is CN1CCN(S(=O)(=O)NC2CCN(c3cccnn3)CC2CO[C@H]2CC[C@@H](c3cccc(F)c3)CC2)CC1. The number of nitrogens with one attached hydrogen (secondary N) is 1. The molecule has 208 valence electrons. The molecule has 2 atom stereocenters. The summed E-state index contributed by atoms with van der Waals surface area (Å²) in [6.45, 7) is 4.28. The Kier molecular flexibility index (Phi) is 8.89. The van der Waals surface area contributed by atoms with Gasteiger partial charge in [-0.3, -0.25) is 0 Å². The lowest BCUT2D eigenvalue weighted by Gasteiger charge is -2.41. The van der Waals surface area contributed by atoms with Crippen LogP contribution in [-0.4, -0.2) is 92.9 Å². The third kappa shape index (κ3) is 6.87. The molecule has 1 aromatic carbocycles. The minimum absolute atomic E-state index is 0.0195. The molecule has 0 spiro atoms. The van der Waals surface area contributed by atoms with Crippen molar-refractivity contribution in [2.45, 2.75) is 50.2 Å². The Balaban J connectivity index is 1.21. The quantitative estimate of drug-likeness (QED) is 0.544. The molecular weight excluding hydrogens is 507 g/mol. The van der Waals surface area contributed by atoms with E-state index in [1.807, 2.05) is 25.2 Å². The van der Waals surface area contributed by atoms with E-state index in [0.717, 1.165) is 50.2 Å². The van der Waals surface area contributed by atoms with E-state index in [2.05, 4.69) is 24.7 Å². The second-order valence-corrected chi connectivity index (χ2v) is 12.6. The highest BCUT2D eigenvalue weighted by molar-refractivity contribution is 7.87. The molecule has 0 bridgehead atoms. The minimum Gasteiger partial charge on any atom is -0.378 e. The maximum atomic E-state index is 13.7. The Morgan fingerprint density at radius 3 is 2.53 bits per heavy atom. The van der Waals surface area contributed by atoms with E-state index in [1.54, 1.807) is 22.6 Å². The van der Waals surface area contributed by atoms with Crippen molar-refractivity contribution in [2.75, 3.05) is 57.8 Å². The molecule has 0 radical (unpaired) electrons. The van der Waals surface area contributed by atoms with Crippen LogP contribution >= 0.6 is 0 Å². The third-order valence-electron chi connectivity index (χ3n) is 8.26.